The van der Waals surface area contributed by atoms with E-state index in [-0.39, 0.29) is 36.4 Å². The summed E-state index contributed by atoms with van der Waals surface area (Å²) in [4.78, 5) is 17.7. The van der Waals surface area contributed by atoms with Crippen LogP contribution in [0.2, 0.25) is 0 Å². The topological polar surface area (TPSA) is 64.0 Å². The van der Waals surface area contributed by atoms with Crippen LogP contribution in [0, 0.1) is 11.8 Å². The molecule has 1 aliphatic carbocycles. The van der Waals surface area contributed by atoms with E-state index in [0.29, 0.717) is 19.6 Å². The van der Waals surface area contributed by atoms with Crippen molar-refractivity contribution in [2.24, 2.45) is 11.8 Å². The number of rotatable bonds is 7. The first-order valence-electron chi connectivity index (χ1n) is 9.86. The van der Waals surface area contributed by atoms with Crippen molar-refractivity contribution in [3.8, 4) is 0 Å². The van der Waals surface area contributed by atoms with Crippen molar-refractivity contribution in [3.05, 3.63) is 35.9 Å². The molecule has 2 atom stereocenters. The Morgan fingerprint density at radius 1 is 1.15 bits per heavy atom. The van der Waals surface area contributed by atoms with Gasteiger partial charge in [-0.15, -0.1) is 0 Å². The van der Waals surface area contributed by atoms with Crippen molar-refractivity contribution in [1.82, 2.24) is 9.80 Å². The molecule has 1 saturated heterocycles. The summed E-state index contributed by atoms with van der Waals surface area (Å²) in [5.41, 5.74) is 0.761. The lowest BCUT2D eigenvalue weighted by atomic mass is 9.77. The predicted molar refractivity (Wildman–Crippen MR) is 102 cm³/mol. The summed E-state index contributed by atoms with van der Waals surface area (Å²) < 4.78 is 0. The van der Waals surface area contributed by atoms with Crippen LogP contribution in [0.3, 0.4) is 0 Å². The molecule has 5 nitrogen and oxygen atoms in total. The van der Waals surface area contributed by atoms with Gasteiger partial charge in [-0.1, -0.05) is 43.2 Å². The van der Waals surface area contributed by atoms with Crippen molar-refractivity contribution in [2.75, 3.05) is 46.4 Å². The SMILES string of the molecule is CN(CCO)C[C@@H]1CN(C(=O)C2(c3ccccc3)CCCC2)C[C@@H]1CO. The smallest absolute Gasteiger partial charge is 0.233 e. The fraction of sp³-hybridized carbons (Fsp3) is 0.667. The average Bonchev–Trinajstić information content (AvgIpc) is 3.30. The van der Waals surface area contributed by atoms with E-state index < -0.39 is 0 Å². The molecule has 1 aromatic carbocycles. The lowest BCUT2D eigenvalue weighted by Crippen LogP contribution is -2.45. The van der Waals surface area contributed by atoms with Gasteiger partial charge in [0.05, 0.1) is 12.0 Å². The van der Waals surface area contributed by atoms with Gasteiger partial charge >= 0.3 is 0 Å². The third kappa shape index (κ3) is 3.80. The molecule has 0 aromatic heterocycles. The fourth-order valence-electron chi connectivity index (χ4n) is 4.85. The standard InChI is InChI=1S/C21H32N2O3/c1-22(11-12-24)13-17-14-23(15-18(17)16-25)20(26)21(9-5-6-10-21)19-7-3-2-4-8-19/h2-4,7-8,17-18,24-25H,5-6,9-16H2,1H3/t17-,18-/m1/s1. The highest BCUT2D eigenvalue weighted by molar-refractivity contribution is 5.89. The summed E-state index contributed by atoms with van der Waals surface area (Å²) in [5, 5.41) is 18.9. The Bertz CT molecular complexity index is 586. The van der Waals surface area contributed by atoms with Crippen LogP contribution in [0.5, 0.6) is 0 Å². The first-order chi connectivity index (χ1) is 12.6. The number of amides is 1. The molecule has 1 aliphatic heterocycles. The number of hydrogen-bond acceptors (Lipinski definition) is 4. The quantitative estimate of drug-likeness (QED) is 0.773. The van der Waals surface area contributed by atoms with Crippen LogP contribution in [0.1, 0.15) is 31.2 Å². The van der Waals surface area contributed by atoms with Crippen molar-refractivity contribution in [1.29, 1.82) is 0 Å². The molecule has 1 heterocycles. The normalized spacial score (nSPS) is 25.2. The van der Waals surface area contributed by atoms with E-state index in [9.17, 15) is 9.90 Å². The summed E-state index contributed by atoms with van der Waals surface area (Å²) in [6.45, 7) is 3.01. The van der Waals surface area contributed by atoms with E-state index in [1.165, 1.54) is 0 Å². The molecule has 2 N–H and O–H groups in total. The Labute approximate surface area is 156 Å². The lowest BCUT2D eigenvalue weighted by molar-refractivity contribution is -0.136. The highest BCUT2D eigenvalue weighted by Gasteiger charge is 2.47. The predicted octanol–water partition coefficient (Wildman–Crippen LogP) is 1.49. The van der Waals surface area contributed by atoms with E-state index >= 15 is 0 Å². The number of aliphatic hydroxyl groups is 2. The van der Waals surface area contributed by atoms with Gasteiger partial charge in [0.2, 0.25) is 5.91 Å². The van der Waals surface area contributed by atoms with Crippen LogP contribution in [0.4, 0.5) is 0 Å². The second-order valence-corrected chi connectivity index (χ2v) is 8.05. The Hall–Kier alpha value is -1.43. The van der Waals surface area contributed by atoms with Crippen LogP contribution in [0.15, 0.2) is 30.3 Å². The van der Waals surface area contributed by atoms with Crippen molar-refractivity contribution in [2.45, 2.75) is 31.1 Å². The molecule has 3 rings (SSSR count). The van der Waals surface area contributed by atoms with E-state index in [0.717, 1.165) is 37.8 Å². The monoisotopic (exact) mass is 360 g/mol. The minimum atomic E-state index is -0.382. The molecule has 1 aromatic rings. The van der Waals surface area contributed by atoms with Gasteiger partial charge in [0, 0.05) is 38.7 Å². The van der Waals surface area contributed by atoms with Crippen molar-refractivity contribution < 1.29 is 15.0 Å². The molecule has 144 valence electrons. The van der Waals surface area contributed by atoms with Gasteiger partial charge in [-0.05, 0) is 31.4 Å². The number of hydrogen-bond donors (Lipinski definition) is 2. The summed E-state index contributed by atoms with van der Waals surface area (Å²) in [7, 11) is 1.98. The zero-order chi connectivity index (χ0) is 18.6. The molecular weight excluding hydrogens is 328 g/mol. The first kappa shape index (κ1) is 19.3. The first-order valence-corrected chi connectivity index (χ1v) is 9.86. The molecule has 0 radical (unpaired) electrons. The maximum absolute atomic E-state index is 13.6. The van der Waals surface area contributed by atoms with Gasteiger partial charge < -0.3 is 20.0 Å². The molecule has 2 aliphatic rings. The Morgan fingerprint density at radius 3 is 2.42 bits per heavy atom. The maximum atomic E-state index is 13.6. The van der Waals surface area contributed by atoms with Crippen LogP contribution >= 0.6 is 0 Å². The Balaban J connectivity index is 1.76. The summed E-state index contributed by atoms with van der Waals surface area (Å²) in [5.74, 6) is 0.621. The Kier molecular flexibility index (Phi) is 6.33. The number of likely N-dealkylation sites (N-methyl/N-ethyl adjacent to an activating group) is 1. The molecule has 2 fully saturated rings. The third-order valence-corrected chi connectivity index (χ3v) is 6.32. The molecule has 0 spiro atoms. The fourth-order valence-corrected chi connectivity index (χ4v) is 4.85. The number of benzene rings is 1. The third-order valence-electron chi connectivity index (χ3n) is 6.32. The zero-order valence-electron chi connectivity index (χ0n) is 15.8. The molecular formula is C21H32N2O3. The van der Waals surface area contributed by atoms with E-state index in [2.05, 4.69) is 17.0 Å². The number of aliphatic hydroxyl groups excluding tert-OH is 2. The van der Waals surface area contributed by atoms with Crippen LogP contribution in [0.25, 0.3) is 0 Å². The van der Waals surface area contributed by atoms with Gasteiger partial charge in [-0.25, -0.2) is 0 Å². The zero-order valence-corrected chi connectivity index (χ0v) is 15.8. The highest BCUT2D eigenvalue weighted by Crippen LogP contribution is 2.43. The minimum Gasteiger partial charge on any atom is -0.396 e. The van der Waals surface area contributed by atoms with Gasteiger partial charge in [-0.2, -0.15) is 0 Å². The molecule has 26 heavy (non-hydrogen) atoms. The average molecular weight is 360 g/mol. The van der Waals surface area contributed by atoms with Crippen LogP contribution < -0.4 is 0 Å². The molecule has 0 bridgehead atoms. The van der Waals surface area contributed by atoms with Crippen LogP contribution in [-0.4, -0.2) is 72.4 Å². The number of carbonyl (C=O) groups excluding carboxylic acids is 1. The van der Waals surface area contributed by atoms with Crippen molar-refractivity contribution >= 4 is 5.91 Å². The molecule has 1 amide bonds. The van der Waals surface area contributed by atoms with E-state index in [1.54, 1.807) is 0 Å². The molecule has 1 saturated carbocycles. The summed E-state index contributed by atoms with van der Waals surface area (Å²) >= 11 is 0. The summed E-state index contributed by atoms with van der Waals surface area (Å²) in [6.07, 6.45) is 4.04. The second-order valence-electron chi connectivity index (χ2n) is 8.05. The highest BCUT2D eigenvalue weighted by atomic mass is 16.3. The van der Waals surface area contributed by atoms with Crippen LogP contribution in [-0.2, 0) is 10.2 Å². The van der Waals surface area contributed by atoms with Gasteiger partial charge in [-0.3, -0.25) is 4.79 Å². The largest absolute Gasteiger partial charge is 0.396 e. The number of carbonyl (C=O) groups is 1. The van der Waals surface area contributed by atoms with E-state index in [4.69, 9.17) is 5.11 Å². The van der Waals surface area contributed by atoms with Gasteiger partial charge in [0.15, 0.2) is 0 Å². The van der Waals surface area contributed by atoms with Crippen molar-refractivity contribution in [3.63, 3.8) is 0 Å². The number of nitrogens with zero attached hydrogens (tertiary/aromatic N) is 2. The lowest BCUT2D eigenvalue weighted by Gasteiger charge is -2.33. The number of likely N-dealkylation sites (tertiary alicyclic amines) is 1. The summed E-state index contributed by atoms with van der Waals surface area (Å²) in [6, 6.07) is 10.2. The molecule has 0 unspecified atom stereocenters. The van der Waals surface area contributed by atoms with Gasteiger partial charge in [0.25, 0.3) is 0 Å². The second kappa shape index (κ2) is 8.51. The maximum Gasteiger partial charge on any atom is 0.233 e. The Morgan fingerprint density at radius 2 is 1.81 bits per heavy atom. The minimum absolute atomic E-state index is 0.111. The molecule has 5 heteroatoms. The van der Waals surface area contributed by atoms with E-state index in [1.807, 2.05) is 30.1 Å². The van der Waals surface area contributed by atoms with Gasteiger partial charge in [0.1, 0.15) is 0 Å².